The third kappa shape index (κ3) is 1.77. The Bertz CT molecular complexity index is 504. The molecule has 0 saturated carbocycles. The molecule has 0 spiro atoms. The summed E-state index contributed by atoms with van der Waals surface area (Å²) in [6.45, 7) is 8.81. The monoisotopic (exact) mass is 215 g/mol. The van der Waals surface area contributed by atoms with E-state index in [1.807, 2.05) is 6.07 Å². The minimum absolute atomic E-state index is 0.456. The van der Waals surface area contributed by atoms with E-state index in [2.05, 4.69) is 48.9 Å². The summed E-state index contributed by atoms with van der Waals surface area (Å²) in [4.78, 5) is 4.37. The number of nitrogens with zero attached hydrogens (tertiary/aromatic N) is 3. The van der Waals surface area contributed by atoms with E-state index in [1.165, 1.54) is 17.5 Å². The second-order valence-corrected chi connectivity index (χ2v) is 4.71. The highest BCUT2D eigenvalue weighted by molar-refractivity contribution is 5.79. The fourth-order valence-corrected chi connectivity index (χ4v) is 2.11. The van der Waals surface area contributed by atoms with Gasteiger partial charge in [0.15, 0.2) is 0 Å². The first-order valence-electron chi connectivity index (χ1n) is 5.71. The van der Waals surface area contributed by atoms with Crippen molar-refractivity contribution in [3.63, 3.8) is 0 Å². The van der Waals surface area contributed by atoms with E-state index >= 15 is 0 Å². The van der Waals surface area contributed by atoms with Crippen molar-refractivity contribution >= 4 is 11.0 Å². The van der Waals surface area contributed by atoms with Crippen molar-refractivity contribution in [1.29, 1.82) is 0 Å². The normalized spacial score (nSPS) is 11.6. The average molecular weight is 215 g/mol. The van der Waals surface area contributed by atoms with Gasteiger partial charge in [-0.25, -0.2) is 4.98 Å². The summed E-state index contributed by atoms with van der Waals surface area (Å²) >= 11 is 0. The lowest BCUT2D eigenvalue weighted by molar-refractivity contribution is 0.793. The highest BCUT2D eigenvalue weighted by Gasteiger charge is 2.14. The lowest BCUT2D eigenvalue weighted by Gasteiger charge is -2.17. The molecule has 0 fully saturated rings. The van der Waals surface area contributed by atoms with Gasteiger partial charge in [-0.1, -0.05) is 33.8 Å². The third-order valence-corrected chi connectivity index (χ3v) is 2.83. The summed E-state index contributed by atoms with van der Waals surface area (Å²) in [7, 11) is 0. The van der Waals surface area contributed by atoms with Gasteiger partial charge in [-0.15, -0.1) is 10.2 Å². The summed E-state index contributed by atoms with van der Waals surface area (Å²) in [6, 6.07) is 4.16. The quantitative estimate of drug-likeness (QED) is 0.771. The van der Waals surface area contributed by atoms with Crippen LogP contribution in [0.3, 0.4) is 0 Å². The van der Waals surface area contributed by atoms with Crippen LogP contribution in [0.2, 0.25) is 0 Å². The van der Waals surface area contributed by atoms with Gasteiger partial charge in [0.25, 0.3) is 0 Å². The molecule has 0 N–H and O–H groups in total. The standard InChI is InChI=1S/C13H17N3/c1-8(2)10-5-6-11-13(12(10)9(3)4)14-7-15-16-11/h5-9H,1-4H3. The van der Waals surface area contributed by atoms with E-state index in [0.29, 0.717) is 11.8 Å². The van der Waals surface area contributed by atoms with Gasteiger partial charge in [0.2, 0.25) is 0 Å². The molecule has 2 rings (SSSR count). The third-order valence-electron chi connectivity index (χ3n) is 2.83. The number of aromatic nitrogens is 3. The molecule has 0 saturated heterocycles. The highest BCUT2D eigenvalue weighted by Crippen LogP contribution is 2.30. The van der Waals surface area contributed by atoms with E-state index < -0.39 is 0 Å². The second-order valence-electron chi connectivity index (χ2n) is 4.71. The molecule has 0 aliphatic rings. The molecule has 0 aliphatic carbocycles. The molecule has 0 aliphatic heterocycles. The van der Waals surface area contributed by atoms with Gasteiger partial charge in [0, 0.05) is 0 Å². The molecule has 0 unspecified atom stereocenters. The SMILES string of the molecule is CC(C)c1ccc2nncnc2c1C(C)C. The van der Waals surface area contributed by atoms with Crippen LogP contribution in [0.5, 0.6) is 0 Å². The Hall–Kier alpha value is -1.51. The maximum Gasteiger partial charge on any atom is 0.138 e. The molecule has 0 radical (unpaired) electrons. The predicted molar refractivity (Wildman–Crippen MR) is 65.5 cm³/mol. The lowest BCUT2D eigenvalue weighted by Crippen LogP contribution is -2.02. The van der Waals surface area contributed by atoms with Crippen LogP contribution in [0.15, 0.2) is 18.5 Å². The summed E-state index contributed by atoms with van der Waals surface area (Å²) in [6.07, 6.45) is 1.53. The molecule has 16 heavy (non-hydrogen) atoms. The molecule has 3 heteroatoms. The number of benzene rings is 1. The Morgan fingerprint density at radius 1 is 1.00 bits per heavy atom. The Morgan fingerprint density at radius 3 is 2.38 bits per heavy atom. The van der Waals surface area contributed by atoms with Crippen LogP contribution >= 0.6 is 0 Å². The fourth-order valence-electron chi connectivity index (χ4n) is 2.11. The van der Waals surface area contributed by atoms with Crippen LogP contribution in [-0.4, -0.2) is 15.2 Å². The summed E-state index contributed by atoms with van der Waals surface area (Å²) < 4.78 is 0. The van der Waals surface area contributed by atoms with Crippen molar-refractivity contribution < 1.29 is 0 Å². The van der Waals surface area contributed by atoms with E-state index in [0.717, 1.165) is 11.0 Å². The van der Waals surface area contributed by atoms with Crippen LogP contribution in [0, 0.1) is 0 Å². The smallest absolute Gasteiger partial charge is 0.138 e. The van der Waals surface area contributed by atoms with Gasteiger partial charge >= 0.3 is 0 Å². The van der Waals surface area contributed by atoms with Crippen molar-refractivity contribution in [2.75, 3.05) is 0 Å². The average Bonchev–Trinajstić information content (AvgIpc) is 2.27. The topological polar surface area (TPSA) is 38.7 Å². The summed E-state index contributed by atoms with van der Waals surface area (Å²) in [5.74, 6) is 0.967. The predicted octanol–water partition coefficient (Wildman–Crippen LogP) is 3.27. The largest absolute Gasteiger partial charge is 0.232 e. The maximum atomic E-state index is 4.37. The zero-order valence-electron chi connectivity index (χ0n) is 10.2. The molecule has 2 aromatic rings. The van der Waals surface area contributed by atoms with Crippen molar-refractivity contribution in [2.45, 2.75) is 39.5 Å². The van der Waals surface area contributed by atoms with E-state index in [9.17, 15) is 0 Å². The van der Waals surface area contributed by atoms with Gasteiger partial charge in [0.05, 0.1) is 5.52 Å². The highest BCUT2D eigenvalue weighted by atomic mass is 15.1. The van der Waals surface area contributed by atoms with Crippen LogP contribution in [0.25, 0.3) is 11.0 Å². The van der Waals surface area contributed by atoms with E-state index in [4.69, 9.17) is 0 Å². The molecule has 1 aromatic heterocycles. The number of hydrogen-bond acceptors (Lipinski definition) is 3. The van der Waals surface area contributed by atoms with Crippen LogP contribution in [0.4, 0.5) is 0 Å². The van der Waals surface area contributed by atoms with Crippen molar-refractivity contribution in [3.8, 4) is 0 Å². The summed E-state index contributed by atoms with van der Waals surface area (Å²) in [5, 5.41) is 7.94. The van der Waals surface area contributed by atoms with E-state index in [1.54, 1.807) is 0 Å². The first kappa shape index (κ1) is 11.0. The van der Waals surface area contributed by atoms with Crippen molar-refractivity contribution in [2.24, 2.45) is 0 Å². The Morgan fingerprint density at radius 2 is 1.75 bits per heavy atom. The van der Waals surface area contributed by atoms with Crippen molar-refractivity contribution in [3.05, 3.63) is 29.6 Å². The minimum Gasteiger partial charge on any atom is -0.232 e. The van der Waals surface area contributed by atoms with Crippen molar-refractivity contribution in [1.82, 2.24) is 15.2 Å². The molecule has 1 heterocycles. The van der Waals surface area contributed by atoms with Gasteiger partial charge in [-0.2, -0.15) is 0 Å². The number of hydrogen-bond donors (Lipinski definition) is 0. The van der Waals surface area contributed by atoms with Gasteiger partial charge < -0.3 is 0 Å². The zero-order valence-corrected chi connectivity index (χ0v) is 10.2. The molecule has 0 atom stereocenters. The maximum absolute atomic E-state index is 4.37. The Balaban J connectivity index is 2.79. The molecule has 84 valence electrons. The van der Waals surface area contributed by atoms with Crippen LogP contribution < -0.4 is 0 Å². The molecule has 0 bridgehead atoms. The summed E-state index contributed by atoms with van der Waals surface area (Å²) in [5.41, 5.74) is 4.55. The lowest BCUT2D eigenvalue weighted by atomic mass is 9.89. The van der Waals surface area contributed by atoms with E-state index in [-0.39, 0.29) is 0 Å². The molecular weight excluding hydrogens is 198 g/mol. The zero-order chi connectivity index (χ0) is 11.7. The Labute approximate surface area is 95.9 Å². The molecule has 0 amide bonds. The van der Waals surface area contributed by atoms with Gasteiger partial charge in [-0.3, -0.25) is 0 Å². The van der Waals surface area contributed by atoms with Gasteiger partial charge in [0.1, 0.15) is 11.8 Å². The number of rotatable bonds is 2. The second kappa shape index (κ2) is 4.16. The molecule has 1 aromatic carbocycles. The van der Waals surface area contributed by atoms with Crippen LogP contribution in [-0.2, 0) is 0 Å². The van der Waals surface area contributed by atoms with Gasteiger partial charge in [-0.05, 0) is 29.0 Å². The number of fused-ring (bicyclic) bond motifs is 1. The minimum atomic E-state index is 0.456. The molecule has 3 nitrogen and oxygen atoms in total. The Kier molecular flexibility index (Phi) is 2.86. The first-order chi connectivity index (χ1) is 7.61. The molecular formula is C13H17N3. The fraction of sp³-hybridized carbons (Fsp3) is 0.462. The first-order valence-corrected chi connectivity index (χ1v) is 5.71. The van der Waals surface area contributed by atoms with Crippen LogP contribution in [0.1, 0.15) is 50.7 Å².